The van der Waals surface area contributed by atoms with Gasteiger partial charge in [0, 0.05) is 31.3 Å². The number of alkyl halides is 3. The third-order valence-corrected chi connectivity index (χ3v) is 2.93. The van der Waals surface area contributed by atoms with Crippen molar-refractivity contribution < 1.29 is 17.9 Å². The molecule has 0 fully saturated rings. The van der Waals surface area contributed by atoms with Crippen LogP contribution in [-0.2, 0) is 11.2 Å². The van der Waals surface area contributed by atoms with E-state index in [2.05, 4.69) is 15.2 Å². The molecule has 1 rings (SSSR count). The number of nitrogens with zero attached hydrogens (tertiary/aromatic N) is 2. The van der Waals surface area contributed by atoms with Crippen LogP contribution < -0.4 is 5.32 Å². The summed E-state index contributed by atoms with van der Waals surface area (Å²) in [4.78, 5) is 0. The first kappa shape index (κ1) is 17.0. The maximum Gasteiger partial charge on any atom is 0.411 e. The fourth-order valence-corrected chi connectivity index (χ4v) is 1.79. The number of likely N-dealkylation sites (N-methyl/N-ethyl adjacent to an activating group) is 1. The summed E-state index contributed by atoms with van der Waals surface area (Å²) in [6.07, 6.45) is -1.16. The van der Waals surface area contributed by atoms with Gasteiger partial charge in [-0.1, -0.05) is 0 Å². The average molecular weight is 293 g/mol. The summed E-state index contributed by atoms with van der Waals surface area (Å²) in [6.45, 7) is 2.97. The van der Waals surface area contributed by atoms with Gasteiger partial charge in [-0.3, -0.25) is 4.68 Å². The molecule has 1 atom stereocenters. The van der Waals surface area contributed by atoms with Gasteiger partial charge in [0.05, 0.1) is 5.69 Å². The fourth-order valence-electron chi connectivity index (χ4n) is 1.79. The van der Waals surface area contributed by atoms with Gasteiger partial charge < -0.3 is 10.1 Å². The molecule has 1 heterocycles. The van der Waals surface area contributed by atoms with E-state index in [1.807, 2.05) is 30.8 Å². The van der Waals surface area contributed by atoms with Crippen molar-refractivity contribution in [2.75, 3.05) is 20.3 Å². The first-order chi connectivity index (χ1) is 9.31. The van der Waals surface area contributed by atoms with Crippen molar-refractivity contribution in [3.05, 3.63) is 18.0 Å². The molecule has 4 nitrogen and oxygen atoms in total. The van der Waals surface area contributed by atoms with Gasteiger partial charge in [-0.05, 0) is 33.4 Å². The van der Waals surface area contributed by atoms with Crippen molar-refractivity contribution in [2.24, 2.45) is 0 Å². The summed E-state index contributed by atoms with van der Waals surface area (Å²) in [5, 5.41) is 7.50. The summed E-state index contributed by atoms with van der Waals surface area (Å²) < 4.78 is 42.3. The molecule has 0 radical (unpaired) electrons. The Hall–Kier alpha value is -1.08. The molecule has 0 aliphatic carbocycles. The molecular formula is C13H22F3N3O. The lowest BCUT2D eigenvalue weighted by molar-refractivity contribution is -0.174. The van der Waals surface area contributed by atoms with E-state index in [4.69, 9.17) is 0 Å². The van der Waals surface area contributed by atoms with Gasteiger partial charge in [0.15, 0.2) is 0 Å². The number of ether oxygens (including phenoxy) is 1. The zero-order valence-electron chi connectivity index (χ0n) is 12.1. The minimum Gasteiger partial charge on any atom is -0.372 e. The van der Waals surface area contributed by atoms with Gasteiger partial charge >= 0.3 is 6.18 Å². The Morgan fingerprint density at radius 2 is 2.10 bits per heavy atom. The minimum absolute atomic E-state index is 0.0544. The van der Waals surface area contributed by atoms with Crippen molar-refractivity contribution in [2.45, 2.75) is 44.9 Å². The SMILES string of the molecule is CNC(CCOCC(F)(F)F)Cc1ccn(C(C)C)n1. The van der Waals surface area contributed by atoms with Crippen LogP contribution in [0.5, 0.6) is 0 Å². The molecular weight excluding hydrogens is 271 g/mol. The quantitative estimate of drug-likeness (QED) is 0.749. The third-order valence-electron chi connectivity index (χ3n) is 2.93. The number of aromatic nitrogens is 2. The van der Waals surface area contributed by atoms with Crippen LogP contribution in [-0.4, -0.2) is 42.3 Å². The van der Waals surface area contributed by atoms with E-state index >= 15 is 0 Å². The normalized spacial score (nSPS) is 13.9. The highest BCUT2D eigenvalue weighted by molar-refractivity contribution is 5.02. The summed E-state index contributed by atoms with van der Waals surface area (Å²) in [5.41, 5.74) is 0.925. The van der Waals surface area contributed by atoms with E-state index in [0.29, 0.717) is 18.9 Å². The predicted octanol–water partition coefficient (Wildman–Crippen LogP) is 2.56. The third kappa shape index (κ3) is 6.38. The molecule has 0 aliphatic heterocycles. The molecule has 0 bridgehead atoms. The van der Waals surface area contributed by atoms with Crippen LogP contribution in [0.25, 0.3) is 0 Å². The van der Waals surface area contributed by atoms with Crippen LogP contribution in [0.1, 0.15) is 32.0 Å². The molecule has 1 aromatic heterocycles. The van der Waals surface area contributed by atoms with Crippen LogP contribution in [0.15, 0.2) is 12.3 Å². The molecule has 1 N–H and O–H groups in total. The van der Waals surface area contributed by atoms with Crippen molar-refractivity contribution in [1.82, 2.24) is 15.1 Å². The molecule has 0 saturated carbocycles. The first-order valence-corrected chi connectivity index (χ1v) is 6.67. The van der Waals surface area contributed by atoms with Crippen molar-refractivity contribution in [3.8, 4) is 0 Å². The van der Waals surface area contributed by atoms with Gasteiger partial charge in [-0.2, -0.15) is 18.3 Å². The van der Waals surface area contributed by atoms with Crippen LogP contribution in [0, 0.1) is 0 Å². The number of rotatable bonds is 8. The molecule has 0 amide bonds. The zero-order chi connectivity index (χ0) is 15.2. The average Bonchev–Trinajstić information content (AvgIpc) is 2.80. The molecule has 1 unspecified atom stereocenters. The van der Waals surface area contributed by atoms with Gasteiger partial charge in [-0.15, -0.1) is 0 Å². The van der Waals surface area contributed by atoms with E-state index in [-0.39, 0.29) is 12.6 Å². The summed E-state index contributed by atoms with van der Waals surface area (Å²) >= 11 is 0. The molecule has 0 aromatic carbocycles. The molecule has 0 aliphatic rings. The van der Waals surface area contributed by atoms with Gasteiger partial charge in [0.2, 0.25) is 0 Å². The van der Waals surface area contributed by atoms with Crippen molar-refractivity contribution in [1.29, 1.82) is 0 Å². The Labute approximate surface area is 117 Å². The van der Waals surface area contributed by atoms with E-state index in [1.54, 1.807) is 7.05 Å². The van der Waals surface area contributed by atoms with Crippen LogP contribution >= 0.6 is 0 Å². The lowest BCUT2D eigenvalue weighted by atomic mass is 10.1. The standard InChI is InChI=1S/C13H22F3N3O/c1-10(2)19-6-4-12(18-19)8-11(17-3)5-7-20-9-13(14,15)16/h4,6,10-11,17H,5,7-9H2,1-3H3. The lowest BCUT2D eigenvalue weighted by Crippen LogP contribution is -2.30. The lowest BCUT2D eigenvalue weighted by Gasteiger charge is -2.15. The van der Waals surface area contributed by atoms with Crippen LogP contribution in [0.3, 0.4) is 0 Å². The molecule has 0 spiro atoms. The maximum atomic E-state index is 11.9. The molecule has 116 valence electrons. The summed E-state index contributed by atoms with van der Waals surface area (Å²) in [7, 11) is 1.79. The molecule has 7 heteroatoms. The van der Waals surface area contributed by atoms with E-state index in [1.165, 1.54) is 0 Å². The van der Waals surface area contributed by atoms with Crippen LogP contribution in [0.2, 0.25) is 0 Å². The molecule has 1 aromatic rings. The minimum atomic E-state index is -4.26. The van der Waals surface area contributed by atoms with Gasteiger partial charge in [0.25, 0.3) is 0 Å². The Kier molecular flexibility index (Phi) is 6.48. The highest BCUT2D eigenvalue weighted by atomic mass is 19.4. The highest BCUT2D eigenvalue weighted by Crippen LogP contribution is 2.15. The smallest absolute Gasteiger partial charge is 0.372 e. The van der Waals surface area contributed by atoms with E-state index < -0.39 is 12.8 Å². The summed E-state index contributed by atoms with van der Waals surface area (Å²) in [5.74, 6) is 0. The van der Waals surface area contributed by atoms with Gasteiger partial charge in [-0.25, -0.2) is 0 Å². The highest BCUT2D eigenvalue weighted by Gasteiger charge is 2.27. The van der Waals surface area contributed by atoms with Crippen LogP contribution in [0.4, 0.5) is 13.2 Å². The van der Waals surface area contributed by atoms with Crippen molar-refractivity contribution >= 4 is 0 Å². The van der Waals surface area contributed by atoms with E-state index in [9.17, 15) is 13.2 Å². The zero-order valence-corrected chi connectivity index (χ0v) is 12.1. The number of nitrogens with one attached hydrogen (secondary N) is 1. The maximum absolute atomic E-state index is 11.9. The number of hydrogen-bond donors (Lipinski definition) is 1. The Morgan fingerprint density at radius 3 is 2.60 bits per heavy atom. The Balaban J connectivity index is 2.35. The van der Waals surface area contributed by atoms with Crippen molar-refractivity contribution in [3.63, 3.8) is 0 Å². The Bertz CT molecular complexity index is 390. The predicted molar refractivity (Wildman–Crippen MR) is 70.7 cm³/mol. The monoisotopic (exact) mass is 293 g/mol. The number of hydrogen-bond acceptors (Lipinski definition) is 3. The number of halogens is 3. The second-order valence-corrected chi connectivity index (χ2v) is 5.03. The summed E-state index contributed by atoms with van der Waals surface area (Å²) in [6, 6.07) is 2.28. The largest absolute Gasteiger partial charge is 0.411 e. The molecule has 0 saturated heterocycles. The Morgan fingerprint density at radius 1 is 1.40 bits per heavy atom. The van der Waals surface area contributed by atoms with E-state index in [0.717, 1.165) is 5.69 Å². The first-order valence-electron chi connectivity index (χ1n) is 6.67. The van der Waals surface area contributed by atoms with Gasteiger partial charge in [0.1, 0.15) is 6.61 Å². The molecule has 20 heavy (non-hydrogen) atoms. The topological polar surface area (TPSA) is 39.1 Å². The second kappa shape index (κ2) is 7.64. The fraction of sp³-hybridized carbons (Fsp3) is 0.769. The second-order valence-electron chi connectivity index (χ2n) is 5.03.